The van der Waals surface area contributed by atoms with Gasteiger partial charge >= 0.3 is 0 Å². The highest BCUT2D eigenvalue weighted by atomic mass is 32.1. The first-order valence-corrected chi connectivity index (χ1v) is 9.47. The Bertz CT molecular complexity index is 599. The van der Waals surface area contributed by atoms with E-state index in [1.54, 1.807) is 0 Å². The molecule has 1 saturated carbocycles. The molecule has 0 spiro atoms. The maximum Gasteiger partial charge on any atom is 0.255 e. The zero-order chi connectivity index (χ0) is 16.9. The van der Waals surface area contributed by atoms with Crippen LogP contribution in [0.25, 0.3) is 0 Å². The highest BCUT2D eigenvalue weighted by Gasteiger charge is 2.28. The molecule has 0 bridgehead atoms. The van der Waals surface area contributed by atoms with E-state index in [9.17, 15) is 9.59 Å². The maximum absolute atomic E-state index is 12.7. The van der Waals surface area contributed by atoms with Crippen molar-refractivity contribution in [3.8, 4) is 0 Å². The second-order valence-corrected chi connectivity index (χ2v) is 7.30. The number of rotatable bonds is 2. The first-order chi connectivity index (χ1) is 11.7. The lowest BCUT2D eigenvalue weighted by molar-refractivity contribution is -0.136. The summed E-state index contributed by atoms with van der Waals surface area (Å²) in [6, 6.07) is 7.41. The molecule has 0 atom stereocenters. The molecule has 3 rings (SSSR count). The van der Waals surface area contributed by atoms with Crippen molar-refractivity contribution in [3.05, 3.63) is 29.8 Å². The average Bonchev–Trinajstić information content (AvgIpc) is 2.88. The topological polar surface area (TPSA) is 40.6 Å². The monoisotopic (exact) mass is 346 g/mol. The molecule has 2 aliphatic rings. The standard InChI is InChI=1S/C19H26N2O2S/c22-18(15-7-2-1-3-8-15)20-11-6-12-21(14-13-20)19(23)16-9-4-5-10-17(16)24/h4-5,9-10,15,24H,1-3,6-8,11-14H2. The van der Waals surface area contributed by atoms with Gasteiger partial charge in [-0.1, -0.05) is 31.4 Å². The van der Waals surface area contributed by atoms with Crippen molar-refractivity contribution in [2.75, 3.05) is 26.2 Å². The van der Waals surface area contributed by atoms with Crippen molar-refractivity contribution in [1.82, 2.24) is 9.80 Å². The summed E-state index contributed by atoms with van der Waals surface area (Å²) >= 11 is 4.39. The molecule has 24 heavy (non-hydrogen) atoms. The van der Waals surface area contributed by atoms with E-state index in [4.69, 9.17) is 0 Å². The molecule has 0 N–H and O–H groups in total. The van der Waals surface area contributed by atoms with E-state index in [1.807, 2.05) is 34.1 Å². The maximum atomic E-state index is 12.7. The summed E-state index contributed by atoms with van der Waals surface area (Å²) in [5, 5.41) is 0. The lowest BCUT2D eigenvalue weighted by Gasteiger charge is -2.28. The van der Waals surface area contributed by atoms with Crippen LogP contribution in [0, 0.1) is 5.92 Å². The van der Waals surface area contributed by atoms with Crippen LogP contribution in [0.1, 0.15) is 48.9 Å². The Morgan fingerprint density at radius 3 is 2.29 bits per heavy atom. The molecule has 1 aromatic rings. The molecule has 5 heteroatoms. The van der Waals surface area contributed by atoms with Gasteiger partial charge in [0.05, 0.1) is 5.56 Å². The minimum Gasteiger partial charge on any atom is -0.341 e. The Balaban J connectivity index is 1.61. The molecule has 0 aromatic heterocycles. The number of nitrogens with zero attached hydrogens (tertiary/aromatic N) is 2. The predicted octanol–water partition coefficient (Wildman–Crippen LogP) is 3.23. The van der Waals surface area contributed by atoms with Crippen LogP contribution < -0.4 is 0 Å². The number of benzene rings is 1. The van der Waals surface area contributed by atoms with Gasteiger partial charge in [-0.2, -0.15) is 0 Å². The van der Waals surface area contributed by atoms with Crippen molar-refractivity contribution in [2.45, 2.75) is 43.4 Å². The van der Waals surface area contributed by atoms with Gasteiger partial charge in [0.2, 0.25) is 5.91 Å². The first kappa shape index (κ1) is 17.3. The molecule has 1 aromatic carbocycles. The molecular formula is C19H26N2O2S. The Morgan fingerprint density at radius 2 is 1.54 bits per heavy atom. The molecular weight excluding hydrogens is 320 g/mol. The summed E-state index contributed by atoms with van der Waals surface area (Å²) in [6.45, 7) is 2.73. The van der Waals surface area contributed by atoms with Crippen LogP contribution in [0.4, 0.5) is 0 Å². The van der Waals surface area contributed by atoms with Crippen LogP contribution in [0.5, 0.6) is 0 Å². The third-order valence-corrected chi connectivity index (χ3v) is 5.57. The molecule has 0 radical (unpaired) electrons. The van der Waals surface area contributed by atoms with E-state index in [1.165, 1.54) is 19.3 Å². The van der Waals surface area contributed by atoms with Gasteiger partial charge in [-0.05, 0) is 31.4 Å². The fraction of sp³-hybridized carbons (Fsp3) is 0.579. The van der Waals surface area contributed by atoms with Crippen LogP contribution in [-0.4, -0.2) is 47.8 Å². The van der Waals surface area contributed by atoms with Crippen molar-refractivity contribution < 1.29 is 9.59 Å². The second-order valence-electron chi connectivity index (χ2n) is 6.82. The van der Waals surface area contributed by atoms with E-state index >= 15 is 0 Å². The van der Waals surface area contributed by atoms with Crippen molar-refractivity contribution in [1.29, 1.82) is 0 Å². The van der Waals surface area contributed by atoms with Crippen molar-refractivity contribution in [3.63, 3.8) is 0 Å². The summed E-state index contributed by atoms with van der Waals surface area (Å²) in [5.41, 5.74) is 0.646. The molecule has 130 valence electrons. The number of hydrogen-bond donors (Lipinski definition) is 1. The zero-order valence-corrected chi connectivity index (χ0v) is 15.0. The SMILES string of the molecule is O=C(c1ccccc1S)N1CCCN(C(=O)C2CCCCC2)CC1. The number of carbonyl (C=O) groups is 2. The lowest BCUT2D eigenvalue weighted by Crippen LogP contribution is -2.40. The summed E-state index contributed by atoms with van der Waals surface area (Å²) in [4.78, 5) is 30.0. The Morgan fingerprint density at radius 1 is 0.875 bits per heavy atom. The Kier molecular flexibility index (Phi) is 5.82. The summed E-state index contributed by atoms with van der Waals surface area (Å²) in [5.74, 6) is 0.533. The molecule has 0 unspecified atom stereocenters. The molecule has 1 aliphatic heterocycles. The number of carbonyl (C=O) groups excluding carboxylic acids is 2. The van der Waals surface area contributed by atoms with E-state index in [0.29, 0.717) is 36.0 Å². The largest absolute Gasteiger partial charge is 0.341 e. The normalized spacial score (nSPS) is 19.9. The molecule has 4 nitrogen and oxygen atoms in total. The van der Waals surface area contributed by atoms with E-state index < -0.39 is 0 Å². The summed E-state index contributed by atoms with van der Waals surface area (Å²) in [7, 11) is 0. The molecule has 2 fully saturated rings. The van der Waals surface area contributed by atoms with Gasteiger partial charge in [0.15, 0.2) is 0 Å². The van der Waals surface area contributed by atoms with E-state index in [2.05, 4.69) is 12.6 Å². The van der Waals surface area contributed by atoms with E-state index in [-0.39, 0.29) is 11.8 Å². The highest BCUT2D eigenvalue weighted by molar-refractivity contribution is 7.80. The molecule has 1 aliphatic carbocycles. The molecule has 2 amide bonds. The lowest BCUT2D eigenvalue weighted by atomic mass is 9.88. The average molecular weight is 346 g/mol. The third-order valence-electron chi connectivity index (χ3n) is 5.18. The number of amides is 2. The second kappa shape index (κ2) is 8.06. The predicted molar refractivity (Wildman–Crippen MR) is 97.4 cm³/mol. The number of thiol groups is 1. The van der Waals surface area contributed by atoms with Gasteiger partial charge in [-0.3, -0.25) is 9.59 Å². The van der Waals surface area contributed by atoms with Gasteiger partial charge in [-0.15, -0.1) is 12.6 Å². The Labute approximate surface area is 149 Å². The molecule has 1 saturated heterocycles. The minimum absolute atomic E-state index is 0.0209. The fourth-order valence-corrected chi connectivity index (χ4v) is 4.03. The van der Waals surface area contributed by atoms with Gasteiger partial charge < -0.3 is 9.80 Å². The van der Waals surface area contributed by atoms with Gasteiger partial charge in [-0.25, -0.2) is 0 Å². The molecule has 1 heterocycles. The van der Waals surface area contributed by atoms with Crippen molar-refractivity contribution in [2.24, 2.45) is 5.92 Å². The van der Waals surface area contributed by atoms with Gasteiger partial charge in [0, 0.05) is 37.0 Å². The highest BCUT2D eigenvalue weighted by Crippen LogP contribution is 2.26. The van der Waals surface area contributed by atoms with E-state index in [0.717, 1.165) is 25.8 Å². The first-order valence-electron chi connectivity index (χ1n) is 9.03. The zero-order valence-electron chi connectivity index (χ0n) is 14.1. The van der Waals surface area contributed by atoms with Crippen LogP contribution >= 0.6 is 12.6 Å². The minimum atomic E-state index is 0.0209. The summed E-state index contributed by atoms with van der Waals surface area (Å²) < 4.78 is 0. The quantitative estimate of drug-likeness (QED) is 0.835. The van der Waals surface area contributed by atoms with Gasteiger partial charge in [0.1, 0.15) is 0 Å². The van der Waals surface area contributed by atoms with Crippen LogP contribution in [0.2, 0.25) is 0 Å². The van der Waals surface area contributed by atoms with Crippen LogP contribution in [0.15, 0.2) is 29.2 Å². The third kappa shape index (κ3) is 3.94. The fourth-order valence-electron chi connectivity index (χ4n) is 3.77. The van der Waals surface area contributed by atoms with Crippen LogP contribution in [-0.2, 0) is 4.79 Å². The number of hydrogen-bond acceptors (Lipinski definition) is 3. The van der Waals surface area contributed by atoms with Gasteiger partial charge in [0.25, 0.3) is 5.91 Å². The van der Waals surface area contributed by atoms with Crippen molar-refractivity contribution >= 4 is 24.4 Å². The Hall–Kier alpha value is -1.49. The smallest absolute Gasteiger partial charge is 0.255 e. The van der Waals surface area contributed by atoms with Crippen LogP contribution in [0.3, 0.4) is 0 Å². The summed E-state index contributed by atoms with van der Waals surface area (Å²) in [6.07, 6.45) is 6.52.